The Labute approximate surface area is 179 Å². The van der Waals surface area contributed by atoms with Crippen molar-refractivity contribution < 1.29 is 13.2 Å². The zero-order valence-corrected chi connectivity index (χ0v) is 18.1. The molecule has 0 fully saturated rings. The van der Waals surface area contributed by atoms with E-state index in [0.717, 1.165) is 0 Å². The summed E-state index contributed by atoms with van der Waals surface area (Å²) in [7, 11) is -3.98. The number of ketones is 1. The molecule has 3 rings (SSSR count). The Morgan fingerprint density at radius 2 is 1.93 bits per heavy atom. The van der Waals surface area contributed by atoms with E-state index in [1.165, 1.54) is 19.2 Å². The number of sulfonamides is 1. The highest BCUT2D eigenvalue weighted by Crippen LogP contribution is 2.32. The molecule has 2 heterocycles. The Morgan fingerprint density at radius 1 is 1.21 bits per heavy atom. The van der Waals surface area contributed by atoms with E-state index in [0.29, 0.717) is 33.1 Å². The van der Waals surface area contributed by atoms with Gasteiger partial charge in [0.1, 0.15) is 4.75 Å². The number of nitrogens with zero attached hydrogens (tertiary/aromatic N) is 1. The van der Waals surface area contributed by atoms with Crippen LogP contribution < -0.4 is 5.14 Å². The Bertz CT molecular complexity index is 1180. The first kappa shape index (κ1) is 21.5. The molecule has 1 atom stereocenters. The van der Waals surface area contributed by atoms with Crippen LogP contribution in [-0.2, 0) is 21.2 Å². The van der Waals surface area contributed by atoms with E-state index in [1.54, 1.807) is 43.5 Å². The highest BCUT2D eigenvalue weighted by atomic mass is 35.5. The largest absolute Gasteiger partial charge is 0.355 e. The lowest BCUT2D eigenvalue weighted by Gasteiger charge is -2.26. The second-order valence-electron chi connectivity index (χ2n) is 7.00. The van der Waals surface area contributed by atoms with Gasteiger partial charge in [0.15, 0.2) is 0 Å². The van der Waals surface area contributed by atoms with Gasteiger partial charge in [-0.05, 0) is 55.3 Å². The summed E-state index contributed by atoms with van der Waals surface area (Å²) in [6.07, 6.45) is 3.08. The van der Waals surface area contributed by atoms with Crippen LogP contribution in [0.3, 0.4) is 0 Å². The van der Waals surface area contributed by atoms with E-state index in [1.807, 2.05) is 0 Å². The molecule has 29 heavy (non-hydrogen) atoms. The standard InChI is InChI=1S/C20H19Cl2N3O3S/c1-12-8-15(10-20(2,29(23,27)28)14-4-3-7-24-11-14)25-18(12)19(26)13-5-6-16(21)17(22)9-13/h3-9,11,25H,10H2,1-2H3,(H2,23,27,28). The summed E-state index contributed by atoms with van der Waals surface area (Å²) < 4.78 is 23.4. The molecular weight excluding hydrogens is 433 g/mol. The van der Waals surface area contributed by atoms with Gasteiger partial charge in [-0.1, -0.05) is 29.3 Å². The summed E-state index contributed by atoms with van der Waals surface area (Å²) in [5, 5.41) is 6.19. The normalized spacial score (nSPS) is 13.8. The highest BCUT2D eigenvalue weighted by Gasteiger charge is 2.39. The number of hydrogen-bond acceptors (Lipinski definition) is 4. The average Bonchev–Trinajstić information content (AvgIpc) is 3.03. The molecule has 9 heteroatoms. The average molecular weight is 452 g/mol. The molecule has 0 radical (unpaired) electrons. The van der Waals surface area contributed by atoms with Crippen molar-refractivity contribution in [2.45, 2.75) is 25.0 Å². The number of pyridine rings is 1. The Hall–Kier alpha value is -2.19. The predicted octanol–water partition coefficient (Wildman–Crippen LogP) is 4.00. The number of hydrogen-bond donors (Lipinski definition) is 2. The summed E-state index contributed by atoms with van der Waals surface area (Å²) in [6.45, 7) is 3.30. The van der Waals surface area contributed by atoms with Crippen LogP contribution in [0.1, 0.15) is 39.8 Å². The fraction of sp³-hybridized carbons (Fsp3) is 0.200. The number of aromatic amines is 1. The monoisotopic (exact) mass is 451 g/mol. The van der Waals surface area contributed by atoms with E-state index < -0.39 is 14.8 Å². The third-order valence-electron chi connectivity index (χ3n) is 4.91. The van der Waals surface area contributed by atoms with Gasteiger partial charge >= 0.3 is 0 Å². The first-order chi connectivity index (χ1) is 13.5. The second kappa shape index (κ2) is 7.91. The van der Waals surface area contributed by atoms with Gasteiger partial charge in [-0.3, -0.25) is 9.78 Å². The van der Waals surface area contributed by atoms with Crippen molar-refractivity contribution in [2.75, 3.05) is 0 Å². The molecule has 152 valence electrons. The van der Waals surface area contributed by atoms with Gasteiger partial charge in [0, 0.05) is 30.1 Å². The first-order valence-corrected chi connectivity index (χ1v) is 10.9. The highest BCUT2D eigenvalue weighted by molar-refractivity contribution is 7.90. The molecule has 0 amide bonds. The van der Waals surface area contributed by atoms with Crippen LogP contribution in [0.2, 0.25) is 10.0 Å². The maximum atomic E-state index is 12.9. The molecule has 0 aliphatic carbocycles. The fourth-order valence-corrected chi connectivity index (χ4v) is 4.25. The van der Waals surface area contributed by atoms with Crippen LogP contribution in [-0.4, -0.2) is 24.2 Å². The molecule has 0 spiro atoms. The molecule has 1 unspecified atom stereocenters. The van der Waals surface area contributed by atoms with Crippen molar-refractivity contribution in [1.29, 1.82) is 0 Å². The lowest BCUT2D eigenvalue weighted by atomic mass is 9.96. The minimum atomic E-state index is -3.98. The molecule has 0 aliphatic rings. The number of aromatic nitrogens is 2. The Balaban J connectivity index is 1.99. The van der Waals surface area contributed by atoms with Crippen LogP contribution in [0.15, 0.2) is 48.8 Å². The topological polar surface area (TPSA) is 106 Å². The Morgan fingerprint density at radius 3 is 2.52 bits per heavy atom. The number of primary sulfonamides is 1. The van der Waals surface area contributed by atoms with Gasteiger partial charge in [0.25, 0.3) is 0 Å². The van der Waals surface area contributed by atoms with Gasteiger partial charge in [-0.15, -0.1) is 0 Å². The smallest absolute Gasteiger partial charge is 0.219 e. The van der Waals surface area contributed by atoms with Gasteiger partial charge < -0.3 is 4.98 Å². The number of carbonyl (C=O) groups excluding carboxylic acids is 1. The molecule has 2 aromatic heterocycles. The molecule has 0 bridgehead atoms. The molecule has 0 aliphatic heterocycles. The van der Waals surface area contributed by atoms with E-state index in [-0.39, 0.29) is 17.2 Å². The quantitative estimate of drug-likeness (QED) is 0.552. The summed E-state index contributed by atoms with van der Waals surface area (Å²) in [4.78, 5) is 19.9. The summed E-state index contributed by atoms with van der Waals surface area (Å²) >= 11 is 11.9. The molecule has 3 N–H and O–H groups in total. The molecule has 3 aromatic rings. The fourth-order valence-electron chi connectivity index (χ4n) is 3.15. The Kier molecular flexibility index (Phi) is 5.87. The molecule has 1 aromatic carbocycles. The van der Waals surface area contributed by atoms with Gasteiger partial charge in [0.2, 0.25) is 15.8 Å². The summed E-state index contributed by atoms with van der Waals surface area (Å²) in [5.41, 5.74) is 2.43. The van der Waals surface area contributed by atoms with Gasteiger partial charge in [-0.2, -0.15) is 0 Å². The number of aryl methyl sites for hydroxylation is 1. The number of nitrogens with one attached hydrogen (secondary N) is 1. The van der Waals surface area contributed by atoms with Crippen LogP contribution in [0.4, 0.5) is 0 Å². The minimum Gasteiger partial charge on any atom is -0.355 e. The zero-order chi connectivity index (χ0) is 21.4. The van der Waals surface area contributed by atoms with Crippen molar-refractivity contribution in [3.8, 4) is 0 Å². The van der Waals surface area contributed by atoms with E-state index in [2.05, 4.69) is 9.97 Å². The number of benzene rings is 1. The molecule has 0 saturated heterocycles. The maximum absolute atomic E-state index is 12.9. The first-order valence-electron chi connectivity index (χ1n) is 8.64. The second-order valence-corrected chi connectivity index (χ2v) is 9.81. The lowest BCUT2D eigenvalue weighted by molar-refractivity contribution is 0.103. The molecular formula is C20H19Cl2N3O3S. The molecule has 6 nitrogen and oxygen atoms in total. The molecule has 0 saturated carbocycles. The maximum Gasteiger partial charge on any atom is 0.219 e. The van der Waals surface area contributed by atoms with E-state index in [9.17, 15) is 13.2 Å². The summed E-state index contributed by atoms with van der Waals surface area (Å²) in [5.74, 6) is -0.272. The van der Waals surface area contributed by atoms with E-state index in [4.69, 9.17) is 28.3 Å². The number of nitrogens with two attached hydrogens (primary N) is 1. The van der Waals surface area contributed by atoms with Crippen molar-refractivity contribution in [3.05, 3.63) is 86.9 Å². The van der Waals surface area contributed by atoms with Crippen molar-refractivity contribution >= 4 is 39.0 Å². The van der Waals surface area contributed by atoms with Crippen LogP contribution >= 0.6 is 23.2 Å². The third-order valence-corrected chi connectivity index (χ3v) is 7.28. The van der Waals surface area contributed by atoms with Gasteiger partial charge in [0.05, 0.1) is 15.7 Å². The summed E-state index contributed by atoms with van der Waals surface area (Å²) in [6, 6.07) is 9.69. The number of halogens is 2. The lowest BCUT2D eigenvalue weighted by Crippen LogP contribution is -2.40. The SMILES string of the molecule is Cc1cc(CC(C)(c2cccnc2)S(N)(=O)=O)[nH]c1C(=O)c1ccc(Cl)c(Cl)c1. The number of H-pyrrole nitrogens is 1. The minimum absolute atomic E-state index is 0.0486. The predicted molar refractivity (Wildman–Crippen MR) is 114 cm³/mol. The van der Waals surface area contributed by atoms with Crippen molar-refractivity contribution in [1.82, 2.24) is 9.97 Å². The van der Waals surface area contributed by atoms with Crippen molar-refractivity contribution in [3.63, 3.8) is 0 Å². The van der Waals surface area contributed by atoms with Gasteiger partial charge in [-0.25, -0.2) is 13.6 Å². The third kappa shape index (κ3) is 4.23. The van der Waals surface area contributed by atoms with Crippen LogP contribution in [0.25, 0.3) is 0 Å². The zero-order valence-electron chi connectivity index (χ0n) is 15.7. The van der Waals surface area contributed by atoms with Crippen LogP contribution in [0, 0.1) is 6.92 Å². The number of carbonyl (C=O) groups is 1. The van der Waals surface area contributed by atoms with Crippen molar-refractivity contribution in [2.24, 2.45) is 5.14 Å². The van der Waals surface area contributed by atoms with E-state index >= 15 is 0 Å². The van der Waals surface area contributed by atoms with Crippen LogP contribution in [0.5, 0.6) is 0 Å². The number of rotatable bonds is 6.